The summed E-state index contributed by atoms with van der Waals surface area (Å²) < 4.78 is 1.14. The highest BCUT2D eigenvalue weighted by Gasteiger charge is 2.16. The molecule has 0 fully saturated rings. The van der Waals surface area contributed by atoms with Crippen molar-refractivity contribution < 1.29 is 5.11 Å². The molecule has 0 aliphatic rings. The van der Waals surface area contributed by atoms with Crippen molar-refractivity contribution in [2.75, 3.05) is 0 Å². The van der Waals surface area contributed by atoms with Crippen molar-refractivity contribution in [1.29, 1.82) is 0 Å². The molecule has 1 N–H and O–H groups in total. The molecule has 1 aromatic carbocycles. The molecule has 14 heavy (non-hydrogen) atoms. The average Bonchev–Trinajstić information content (AvgIpc) is 2.41. The molecule has 74 valence electrons. The molecule has 1 aromatic heterocycles. The van der Waals surface area contributed by atoms with E-state index in [1.54, 1.807) is 25.2 Å². The SMILES string of the molecule is Cc1nc2ccc(C(C)(C)O)cc2s1. The largest absolute Gasteiger partial charge is 0.386 e. The van der Waals surface area contributed by atoms with Gasteiger partial charge in [0.2, 0.25) is 0 Å². The van der Waals surface area contributed by atoms with Crippen LogP contribution in [0.15, 0.2) is 18.2 Å². The highest BCUT2D eigenvalue weighted by Crippen LogP contribution is 2.27. The minimum absolute atomic E-state index is 0.772. The number of fused-ring (bicyclic) bond motifs is 1. The molecule has 3 heteroatoms. The zero-order valence-electron chi connectivity index (χ0n) is 8.53. The lowest BCUT2D eigenvalue weighted by Crippen LogP contribution is -2.14. The Labute approximate surface area is 87.2 Å². The number of benzene rings is 1. The highest BCUT2D eigenvalue weighted by atomic mass is 32.1. The molecule has 1 heterocycles. The van der Waals surface area contributed by atoms with Gasteiger partial charge in [-0.1, -0.05) is 6.07 Å². The lowest BCUT2D eigenvalue weighted by Gasteiger charge is -2.17. The summed E-state index contributed by atoms with van der Waals surface area (Å²) in [6.07, 6.45) is 0. The molecule has 2 nitrogen and oxygen atoms in total. The van der Waals surface area contributed by atoms with Crippen LogP contribution in [0.4, 0.5) is 0 Å². The van der Waals surface area contributed by atoms with E-state index in [-0.39, 0.29) is 0 Å². The van der Waals surface area contributed by atoms with Gasteiger partial charge in [-0.3, -0.25) is 0 Å². The van der Waals surface area contributed by atoms with Gasteiger partial charge in [-0.05, 0) is 38.5 Å². The smallest absolute Gasteiger partial charge is 0.0907 e. The van der Waals surface area contributed by atoms with Crippen molar-refractivity contribution in [1.82, 2.24) is 4.98 Å². The Morgan fingerprint density at radius 2 is 2.07 bits per heavy atom. The molecule has 0 aliphatic carbocycles. The average molecular weight is 207 g/mol. The Morgan fingerprint density at radius 3 is 2.71 bits per heavy atom. The van der Waals surface area contributed by atoms with Gasteiger partial charge in [-0.25, -0.2) is 4.98 Å². The fourth-order valence-corrected chi connectivity index (χ4v) is 2.29. The van der Waals surface area contributed by atoms with E-state index in [9.17, 15) is 5.11 Å². The minimum Gasteiger partial charge on any atom is -0.386 e. The standard InChI is InChI=1S/C11H13NOS/c1-7-12-9-5-4-8(11(2,3)13)6-10(9)14-7/h4-6,13H,1-3H3. The number of aryl methyl sites for hydroxylation is 1. The zero-order valence-corrected chi connectivity index (χ0v) is 9.35. The second-order valence-electron chi connectivity index (χ2n) is 3.97. The lowest BCUT2D eigenvalue weighted by atomic mass is 9.99. The van der Waals surface area contributed by atoms with E-state index in [1.807, 2.05) is 25.1 Å². The van der Waals surface area contributed by atoms with E-state index in [0.29, 0.717) is 0 Å². The fraction of sp³-hybridized carbons (Fsp3) is 0.364. The van der Waals surface area contributed by atoms with E-state index in [1.165, 1.54) is 0 Å². The van der Waals surface area contributed by atoms with Crippen molar-refractivity contribution in [2.45, 2.75) is 26.4 Å². The normalized spacial score (nSPS) is 12.3. The van der Waals surface area contributed by atoms with Crippen LogP contribution in [0, 0.1) is 6.92 Å². The van der Waals surface area contributed by atoms with Gasteiger partial charge < -0.3 is 5.11 Å². The van der Waals surface area contributed by atoms with Crippen LogP contribution < -0.4 is 0 Å². The number of thiazole rings is 1. The van der Waals surface area contributed by atoms with Crippen LogP contribution in [0.5, 0.6) is 0 Å². The van der Waals surface area contributed by atoms with E-state index >= 15 is 0 Å². The maximum Gasteiger partial charge on any atom is 0.0907 e. The van der Waals surface area contributed by atoms with Crippen molar-refractivity contribution >= 4 is 21.6 Å². The molecule has 0 spiro atoms. The first-order valence-corrected chi connectivity index (χ1v) is 5.38. The van der Waals surface area contributed by atoms with Crippen LogP contribution >= 0.6 is 11.3 Å². The first-order chi connectivity index (χ1) is 6.47. The Balaban J connectivity index is 2.62. The highest BCUT2D eigenvalue weighted by molar-refractivity contribution is 7.18. The zero-order chi connectivity index (χ0) is 10.3. The molecule has 0 amide bonds. The van der Waals surface area contributed by atoms with E-state index in [4.69, 9.17) is 0 Å². The summed E-state index contributed by atoms with van der Waals surface area (Å²) >= 11 is 1.66. The molecular formula is C11H13NOS. The second kappa shape index (κ2) is 3.04. The van der Waals surface area contributed by atoms with Gasteiger partial charge in [0.25, 0.3) is 0 Å². The lowest BCUT2D eigenvalue weighted by molar-refractivity contribution is 0.0787. The predicted octanol–water partition coefficient (Wildman–Crippen LogP) is 2.83. The number of hydrogen-bond donors (Lipinski definition) is 1. The van der Waals surface area contributed by atoms with Crippen molar-refractivity contribution in [3.63, 3.8) is 0 Å². The third-order valence-corrected chi connectivity index (χ3v) is 3.14. The summed E-state index contributed by atoms with van der Waals surface area (Å²) in [6, 6.07) is 5.91. The number of hydrogen-bond acceptors (Lipinski definition) is 3. The molecule has 0 saturated heterocycles. The van der Waals surface area contributed by atoms with Gasteiger partial charge in [0.15, 0.2) is 0 Å². The monoisotopic (exact) mass is 207 g/mol. The molecule has 0 radical (unpaired) electrons. The van der Waals surface area contributed by atoms with Gasteiger partial charge >= 0.3 is 0 Å². The number of aliphatic hydroxyl groups is 1. The predicted molar refractivity (Wildman–Crippen MR) is 59.6 cm³/mol. The van der Waals surface area contributed by atoms with Crippen LogP contribution in [0.3, 0.4) is 0 Å². The fourth-order valence-electron chi connectivity index (χ4n) is 1.42. The van der Waals surface area contributed by atoms with Gasteiger partial charge in [-0.2, -0.15) is 0 Å². The summed E-state index contributed by atoms with van der Waals surface area (Å²) in [5.74, 6) is 0. The van der Waals surface area contributed by atoms with Crippen molar-refractivity contribution in [2.24, 2.45) is 0 Å². The van der Waals surface area contributed by atoms with Crippen LogP contribution in [-0.4, -0.2) is 10.1 Å². The quantitative estimate of drug-likeness (QED) is 0.780. The van der Waals surface area contributed by atoms with Crippen LogP contribution in [0.2, 0.25) is 0 Å². The number of rotatable bonds is 1. The topological polar surface area (TPSA) is 33.1 Å². The summed E-state index contributed by atoms with van der Waals surface area (Å²) in [5, 5.41) is 10.9. The molecule has 0 aliphatic heterocycles. The number of nitrogens with zero attached hydrogens (tertiary/aromatic N) is 1. The molecule has 0 atom stereocenters. The van der Waals surface area contributed by atoms with Crippen molar-refractivity contribution in [3.8, 4) is 0 Å². The third-order valence-electron chi connectivity index (χ3n) is 2.20. The van der Waals surface area contributed by atoms with Gasteiger partial charge in [0.05, 0.1) is 20.8 Å². The Morgan fingerprint density at radius 1 is 1.36 bits per heavy atom. The first kappa shape index (κ1) is 9.62. The van der Waals surface area contributed by atoms with E-state index in [0.717, 1.165) is 20.8 Å². The first-order valence-electron chi connectivity index (χ1n) is 4.57. The molecular weight excluding hydrogens is 194 g/mol. The van der Waals surface area contributed by atoms with Crippen LogP contribution in [-0.2, 0) is 5.60 Å². The van der Waals surface area contributed by atoms with Gasteiger partial charge in [0, 0.05) is 0 Å². The van der Waals surface area contributed by atoms with E-state index in [2.05, 4.69) is 4.98 Å². The molecule has 0 saturated carbocycles. The summed E-state index contributed by atoms with van der Waals surface area (Å²) in [7, 11) is 0. The summed E-state index contributed by atoms with van der Waals surface area (Å²) in [4.78, 5) is 4.37. The minimum atomic E-state index is -0.772. The summed E-state index contributed by atoms with van der Waals surface area (Å²) in [5.41, 5.74) is 1.18. The Kier molecular flexibility index (Phi) is 2.09. The summed E-state index contributed by atoms with van der Waals surface area (Å²) in [6.45, 7) is 5.58. The van der Waals surface area contributed by atoms with Gasteiger partial charge in [-0.15, -0.1) is 11.3 Å². The van der Waals surface area contributed by atoms with Crippen molar-refractivity contribution in [3.05, 3.63) is 28.8 Å². The maximum absolute atomic E-state index is 9.84. The molecule has 2 aromatic rings. The maximum atomic E-state index is 9.84. The second-order valence-corrected chi connectivity index (χ2v) is 5.21. The Bertz CT molecular complexity index is 468. The Hall–Kier alpha value is -0.930. The molecule has 0 unspecified atom stereocenters. The van der Waals surface area contributed by atoms with E-state index < -0.39 is 5.60 Å². The third kappa shape index (κ3) is 1.65. The molecule has 0 bridgehead atoms. The van der Waals surface area contributed by atoms with Gasteiger partial charge in [0.1, 0.15) is 0 Å². The molecule has 2 rings (SSSR count). The van der Waals surface area contributed by atoms with Crippen LogP contribution in [0.1, 0.15) is 24.4 Å². The van der Waals surface area contributed by atoms with Crippen LogP contribution in [0.25, 0.3) is 10.2 Å². The number of aromatic nitrogens is 1.